The van der Waals surface area contributed by atoms with Gasteiger partial charge in [0.1, 0.15) is 30.8 Å². The third kappa shape index (κ3) is 11.5. The van der Waals surface area contributed by atoms with E-state index in [0.29, 0.717) is 60.1 Å². The number of carboxylic acid groups (broad SMARTS) is 2. The summed E-state index contributed by atoms with van der Waals surface area (Å²) in [6.45, 7) is 12.8. The molecule has 0 radical (unpaired) electrons. The maximum absolute atomic E-state index is 12.5. The number of ether oxygens (including phenoxy) is 4. The van der Waals surface area contributed by atoms with Gasteiger partial charge in [-0.05, 0) is 71.9 Å². The van der Waals surface area contributed by atoms with Gasteiger partial charge in [-0.25, -0.2) is 26.4 Å². The number of carbonyl (C=O) groups is 2. The van der Waals surface area contributed by atoms with Crippen molar-refractivity contribution in [1.29, 1.82) is 0 Å². The van der Waals surface area contributed by atoms with Crippen molar-refractivity contribution >= 4 is 31.6 Å². The number of rotatable bonds is 14. The van der Waals surface area contributed by atoms with E-state index in [1.165, 1.54) is 51.3 Å². The highest BCUT2D eigenvalue weighted by Crippen LogP contribution is 2.47. The number of nitrogens with zero attached hydrogens (tertiary/aromatic N) is 2. The second-order valence-electron chi connectivity index (χ2n) is 18.5. The van der Waals surface area contributed by atoms with Gasteiger partial charge in [0.15, 0.2) is 33.9 Å². The minimum atomic E-state index is -3.06. The van der Waals surface area contributed by atoms with Gasteiger partial charge < -0.3 is 38.3 Å². The van der Waals surface area contributed by atoms with E-state index in [0.717, 1.165) is 22.3 Å². The molecule has 0 aliphatic carbocycles. The molecule has 0 fully saturated rings. The first-order valence-corrected chi connectivity index (χ1v) is 24.8. The average Bonchev–Trinajstić information content (AvgIpc) is 3.18. The molecule has 4 aromatic rings. The second kappa shape index (κ2) is 18.8. The number of carboxylic acids is 2. The highest BCUT2D eigenvalue weighted by molar-refractivity contribution is 7.90. The molecule has 0 amide bonds. The SMILES string of the molecule is COc1cc2c(cc1OCCCS(C)(=O)=O)C[C@@H](C(C)(C)C)n1cc(C(=O)O)c(=O)cc1-2.COc1cc2c(cc1OCCCS(C)(=O)=O)C[C@H](C(C)(C)C)n1cc(C(=O)O)c(=O)cc1-2. The Hall–Kier alpha value is -5.62. The highest BCUT2D eigenvalue weighted by Gasteiger charge is 2.36. The molecule has 2 aliphatic rings. The van der Waals surface area contributed by atoms with Crippen molar-refractivity contribution in [1.82, 2.24) is 9.13 Å². The molecule has 0 unspecified atom stereocenters. The fourth-order valence-electron chi connectivity index (χ4n) is 8.00. The smallest absolute Gasteiger partial charge is 0.341 e. The van der Waals surface area contributed by atoms with Crippen molar-refractivity contribution in [2.24, 2.45) is 10.8 Å². The minimum Gasteiger partial charge on any atom is -0.493 e. The summed E-state index contributed by atoms with van der Waals surface area (Å²) in [5, 5.41) is 18.9. The van der Waals surface area contributed by atoms with Gasteiger partial charge in [0.2, 0.25) is 0 Å². The summed E-state index contributed by atoms with van der Waals surface area (Å²) in [4.78, 5) is 48.1. The minimum absolute atomic E-state index is 0.0363. The summed E-state index contributed by atoms with van der Waals surface area (Å²) in [6, 6.07) is 9.86. The van der Waals surface area contributed by atoms with E-state index in [1.807, 2.05) is 21.3 Å². The zero-order valence-electron chi connectivity index (χ0n) is 37.9. The summed E-state index contributed by atoms with van der Waals surface area (Å²) in [5.74, 6) is -0.505. The summed E-state index contributed by atoms with van der Waals surface area (Å²) in [5.41, 5.74) is 2.66. The van der Waals surface area contributed by atoms with Crippen LogP contribution < -0.4 is 29.8 Å². The molecule has 64 heavy (non-hydrogen) atoms. The van der Waals surface area contributed by atoms with Crippen molar-refractivity contribution < 1.29 is 55.6 Å². The number of hydrogen-bond donors (Lipinski definition) is 2. The standard InChI is InChI=1S/2C23H29NO7S/c2*1-23(2,3)21-10-14-9-20(31-7-6-8-32(5,28)29)19(30-4)11-15(14)17-12-18(25)16(22(26)27)13-24(17)21/h2*9,11-13,21H,6-8,10H2,1-5H3,(H,26,27)/t2*21-/m10/s1. The number of pyridine rings is 2. The largest absolute Gasteiger partial charge is 0.493 e. The van der Waals surface area contributed by atoms with Crippen LogP contribution in [-0.4, -0.2) is 99.6 Å². The van der Waals surface area contributed by atoms with E-state index in [2.05, 4.69) is 41.5 Å². The second-order valence-corrected chi connectivity index (χ2v) is 23.0. The number of methoxy groups -OCH3 is 2. The fraction of sp³-hybridized carbons (Fsp3) is 0.478. The van der Waals surface area contributed by atoms with Gasteiger partial charge in [-0.1, -0.05) is 41.5 Å². The van der Waals surface area contributed by atoms with E-state index in [9.17, 15) is 46.2 Å². The van der Waals surface area contributed by atoms with Crippen LogP contribution in [0, 0.1) is 10.8 Å². The maximum Gasteiger partial charge on any atom is 0.341 e. The highest BCUT2D eigenvalue weighted by atomic mass is 32.2. The van der Waals surface area contributed by atoms with Crippen LogP contribution in [0.3, 0.4) is 0 Å². The summed E-state index contributed by atoms with van der Waals surface area (Å²) < 4.78 is 71.8. The first kappa shape index (κ1) is 49.4. The lowest BCUT2D eigenvalue weighted by molar-refractivity contribution is 0.0683. The van der Waals surface area contributed by atoms with Crippen LogP contribution >= 0.6 is 0 Å². The van der Waals surface area contributed by atoms with Gasteiger partial charge in [-0.15, -0.1) is 0 Å². The maximum atomic E-state index is 12.5. The van der Waals surface area contributed by atoms with Crippen molar-refractivity contribution in [3.63, 3.8) is 0 Å². The quantitative estimate of drug-likeness (QED) is 0.131. The van der Waals surface area contributed by atoms with Gasteiger partial charge in [0.05, 0.1) is 50.3 Å². The van der Waals surface area contributed by atoms with Crippen LogP contribution in [0.25, 0.3) is 22.5 Å². The molecule has 16 nitrogen and oxygen atoms in total. The predicted octanol–water partition coefficient (Wildman–Crippen LogP) is 6.36. The van der Waals surface area contributed by atoms with Gasteiger partial charge >= 0.3 is 11.9 Å². The third-order valence-electron chi connectivity index (χ3n) is 11.3. The molecular formula is C46H58N2O14S2. The normalized spacial score (nSPS) is 15.6. The monoisotopic (exact) mass is 926 g/mol. The average molecular weight is 927 g/mol. The fourth-order valence-corrected chi connectivity index (χ4v) is 9.28. The Morgan fingerprint density at radius 2 is 0.953 bits per heavy atom. The lowest BCUT2D eigenvalue weighted by Gasteiger charge is -2.39. The number of fused-ring (bicyclic) bond motifs is 6. The molecule has 18 heteroatoms. The van der Waals surface area contributed by atoms with Gasteiger partial charge in [0, 0.05) is 60.2 Å². The molecular weight excluding hydrogens is 869 g/mol. The first-order valence-electron chi connectivity index (χ1n) is 20.7. The Labute approximate surface area is 373 Å². The molecule has 4 heterocycles. The zero-order chi connectivity index (χ0) is 47.7. The molecule has 6 rings (SSSR count). The third-order valence-corrected chi connectivity index (χ3v) is 13.3. The van der Waals surface area contributed by atoms with Crippen molar-refractivity contribution in [3.05, 3.63) is 91.5 Å². The Bertz CT molecular complexity index is 2600. The Morgan fingerprint density at radius 3 is 1.23 bits per heavy atom. The lowest BCUT2D eigenvalue weighted by Crippen LogP contribution is -2.32. The van der Waals surface area contributed by atoms with E-state index < -0.39 is 42.5 Å². The molecule has 348 valence electrons. The first-order chi connectivity index (χ1) is 29.6. The van der Waals surface area contributed by atoms with E-state index >= 15 is 0 Å². The van der Waals surface area contributed by atoms with E-state index in [-0.39, 0.29) is 58.8 Å². The molecule has 0 saturated carbocycles. The molecule has 2 aromatic heterocycles. The van der Waals surface area contributed by atoms with Gasteiger partial charge in [-0.3, -0.25) is 9.59 Å². The Kier molecular flexibility index (Phi) is 14.5. The Balaban J connectivity index is 0.000000241. The number of benzene rings is 2. The van der Waals surface area contributed by atoms with Gasteiger partial charge in [0.25, 0.3) is 0 Å². The van der Waals surface area contributed by atoms with Crippen LogP contribution in [-0.2, 0) is 32.5 Å². The molecule has 0 saturated heterocycles. The molecule has 2 atom stereocenters. The van der Waals surface area contributed by atoms with Crippen LogP contribution in [0.4, 0.5) is 0 Å². The topological polar surface area (TPSA) is 224 Å². The van der Waals surface area contributed by atoms with Crippen molar-refractivity contribution in [3.8, 4) is 45.5 Å². The lowest BCUT2D eigenvalue weighted by atomic mass is 9.78. The molecule has 2 N–H and O–H groups in total. The van der Waals surface area contributed by atoms with E-state index in [1.54, 1.807) is 12.1 Å². The predicted molar refractivity (Wildman–Crippen MR) is 243 cm³/mol. The molecule has 2 aliphatic heterocycles. The van der Waals surface area contributed by atoms with Crippen LogP contribution in [0.2, 0.25) is 0 Å². The Morgan fingerprint density at radius 1 is 0.609 bits per heavy atom. The van der Waals surface area contributed by atoms with Crippen LogP contribution in [0.15, 0.2) is 58.4 Å². The summed E-state index contributed by atoms with van der Waals surface area (Å²) in [6.07, 6.45) is 7.18. The number of aromatic nitrogens is 2. The summed E-state index contributed by atoms with van der Waals surface area (Å²) in [7, 11) is -3.12. The van der Waals surface area contributed by atoms with E-state index in [4.69, 9.17) is 18.9 Å². The van der Waals surface area contributed by atoms with Crippen LogP contribution in [0.5, 0.6) is 23.0 Å². The van der Waals surface area contributed by atoms with Crippen molar-refractivity contribution in [2.75, 3.05) is 51.5 Å². The number of aromatic carboxylic acids is 2. The van der Waals surface area contributed by atoms with Crippen LogP contribution in [0.1, 0.15) is 98.3 Å². The molecule has 0 bridgehead atoms. The number of hydrogen-bond acceptors (Lipinski definition) is 12. The summed E-state index contributed by atoms with van der Waals surface area (Å²) >= 11 is 0. The number of sulfone groups is 2. The molecule has 0 spiro atoms. The zero-order valence-corrected chi connectivity index (χ0v) is 39.6. The van der Waals surface area contributed by atoms with Gasteiger partial charge in [-0.2, -0.15) is 0 Å². The molecule has 2 aromatic carbocycles. The van der Waals surface area contributed by atoms with Crippen molar-refractivity contribution in [2.45, 2.75) is 79.3 Å².